The van der Waals surface area contributed by atoms with E-state index in [1.165, 1.54) is 0 Å². The summed E-state index contributed by atoms with van der Waals surface area (Å²) in [6.45, 7) is 7.23. The first-order valence-corrected chi connectivity index (χ1v) is 8.18. The minimum atomic E-state index is -0.998. The van der Waals surface area contributed by atoms with Crippen molar-refractivity contribution in [1.29, 1.82) is 0 Å². The van der Waals surface area contributed by atoms with Crippen molar-refractivity contribution in [3.05, 3.63) is 12.2 Å². The topological polar surface area (TPSA) is 104 Å². The molecule has 6 heteroatoms. The lowest BCUT2D eigenvalue weighted by atomic mass is 9.78. The third-order valence-electron chi connectivity index (χ3n) is 3.38. The fraction of sp³-hybridized carbons (Fsp3) is 0.706. The van der Waals surface area contributed by atoms with Crippen molar-refractivity contribution >= 4 is 17.8 Å². The summed E-state index contributed by atoms with van der Waals surface area (Å²) in [4.78, 5) is 31.6. The van der Waals surface area contributed by atoms with E-state index in [2.05, 4.69) is 17.5 Å². The van der Waals surface area contributed by atoms with Crippen LogP contribution in [0.1, 0.15) is 66.2 Å². The third-order valence-corrected chi connectivity index (χ3v) is 3.38. The van der Waals surface area contributed by atoms with Crippen LogP contribution in [0.25, 0.3) is 0 Å². The molecule has 3 N–H and O–H groups in total. The summed E-state index contributed by atoms with van der Waals surface area (Å²) >= 11 is 0. The van der Waals surface area contributed by atoms with Gasteiger partial charge in [-0.25, -0.2) is 0 Å². The van der Waals surface area contributed by atoms with Gasteiger partial charge in [0.05, 0.1) is 0 Å². The van der Waals surface area contributed by atoms with E-state index in [0.29, 0.717) is 0 Å². The minimum absolute atomic E-state index is 0.134. The van der Waals surface area contributed by atoms with Crippen molar-refractivity contribution in [3.63, 3.8) is 0 Å². The maximum atomic E-state index is 11.9. The summed E-state index contributed by atoms with van der Waals surface area (Å²) < 4.78 is 0. The first-order valence-electron chi connectivity index (χ1n) is 8.18. The van der Waals surface area contributed by atoms with Gasteiger partial charge < -0.3 is 15.5 Å². The number of carbonyl (C=O) groups is 3. The van der Waals surface area contributed by atoms with Crippen molar-refractivity contribution in [1.82, 2.24) is 5.32 Å². The predicted molar refractivity (Wildman–Crippen MR) is 90.3 cm³/mol. The zero-order chi connectivity index (χ0) is 18.3. The molecule has 0 saturated heterocycles. The van der Waals surface area contributed by atoms with E-state index < -0.39 is 17.4 Å². The first-order chi connectivity index (χ1) is 10.8. The van der Waals surface area contributed by atoms with E-state index >= 15 is 0 Å². The average molecular weight is 329 g/mol. The van der Waals surface area contributed by atoms with Gasteiger partial charge in [-0.05, 0) is 32.1 Å². The highest BCUT2D eigenvalue weighted by molar-refractivity contribution is 5.85. The molecule has 0 radical (unpaired) electrons. The predicted octanol–water partition coefficient (Wildman–Crippen LogP) is 3.22. The smallest absolute Gasteiger partial charge is 0.322 e. The van der Waals surface area contributed by atoms with Crippen LogP contribution in [0.3, 0.4) is 0 Å². The van der Waals surface area contributed by atoms with Gasteiger partial charge in [-0.1, -0.05) is 39.8 Å². The van der Waals surface area contributed by atoms with E-state index in [1.54, 1.807) is 6.92 Å². The molecule has 6 nitrogen and oxygen atoms in total. The zero-order valence-corrected chi connectivity index (χ0v) is 14.7. The fourth-order valence-corrected chi connectivity index (χ4v) is 1.97. The monoisotopic (exact) mass is 329 g/mol. The van der Waals surface area contributed by atoms with Gasteiger partial charge in [0.15, 0.2) is 0 Å². The summed E-state index contributed by atoms with van der Waals surface area (Å²) in [6.07, 6.45) is 8.95. The molecule has 0 bridgehead atoms. The number of amides is 1. The summed E-state index contributed by atoms with van der Waals surface area (Å²) in [5.74, 6) is -1.88. The number of nitrogens with one attached hydrogen (secondary N) is 1. The maximum Gasteiger partial charge on any atom is 0.322 e. The minimum Gasteiger partial charge on any atom is -0.481 e. The van der Waals surface area contributed by atoms with E-state index in [0.717, 1.165) is 32.1 Å². The van der Waals surface area contributed by atoms with Crippen molar-refractivity contribution in [2.24, 2.45) is 5.41 Å². The molecule has 0 saturated carbocycles. The number of rotatable bonds is 4. The number of allylic oxidation sites excluding steroid dienone is 2. The Morgan fingerprint density at radius 1 is 1.04 bits per heavy atom. The van der Waals surface area contributed by atoms with Crippen LogP contribution in [-0.4, -0.2) is 34.6 Å². The first kappa shape index (κ1) is 23.4. The van der Waals surface area contributed by atoms with Crippen LogP contribution in [0, 0.1) is 5.41 Å². The molecular weight excluding hydrogens is 298 g/mol. The maximum absolute atomic E-state index is 11.9. The number of carbonyl (C=O) groups excluding carboxylic acids is 1. The third kappa shape index (κ3) is 12.4. The van der Waals surface area contributed by atoms with E-state index in [4.69, 9.17) is 10.2 Å². The van der Waals surface area contributed by atoms with Gasteiger partial charge in [0.1, 0.15) is 6.54 Å². The Morgan fingerprint density at radius 3 is 2.04 bits per heavy atom. The normalized spacial score (nSPS) is 21.0. The molecule has 1 aliphatic rings. The van der Waals surface area contributed by atoms with Gasteiger partial charge in [-0.2, -0.15) is 0 Å². The molecule has 1 rings (SSSR count). The van der Waals surface area contributed by atoms with E-state index in [1.807, 2.05) is 20.8 Å². The Morgan fingerprint density at radius 2 is 1.57 bits per heavy atom. The molecule has 23 heavy (non-hydrogen) atoms. The van der Waals surface area contributed by atoms with Crippen LogP contribution in [0.15, 0.2) is 12.2 Å². The number of carboxylic acid groups (broad SMARTS) is 2. The molecule has 0 spiro atoms. The number of carboxylic acids is 2. The van der Waals surface area contributed by atoms with Gasteiger partial charge in [0.25, 0.3) is 0 Å². The van der Waals surface area contributed by atoms with Crippen LogP contribution in [0.2, 0.25) is 0 Å². The number of hydrogen-bond acceptors (Lipinski definition) is 3. The number of hydrogen-bond donors (Lipinski definition) is 3. The molecule has 1 atom stereocenters. The second kappa shape index (κ2) is 13.8. The van der Waals surface area contributed by atoms with Crippen molar-refractivity contribution in [2.75, 3.05) is 6.54 Å². The van der Waals surface area contributed by atoms with E-state index in [9.17, 15) is 14.4 Å². The second-order valence-corrected chi connectivity index (χ2v) is 5.29. The standard InChI is InChI=1S/C12H19NO3.C3H6O2.C2H6/c1-12(11(16)13-9-10(14)15)7-5-3-2-4-6-8-12;1-2-3(4)5;1-2/h2-3H,4-9H2,1H3,(H,13,16)(H,14,15);2H2,1H3,(H,4,5);1-2H3/b3-2+;;/t12-;;/m1../s1. The highest BCUT2D eigenvalue weighted by Gasteiger charge is 2.32. The highest BCUT2D eigenvalue weighted by Crippen LogP contribution is 2.31. The molecule has 0 fully saturated rings. The van der Waals surface area contributed by atoms with Crippen LogP contribution < -0.4 is 5.32 Å². The van der Waals surface area contributed by atoms with Crippen molar-refractivity contribution < 1.29 is 24.6 Å². The van der Waals surface area contributed by atoms with Crippen LogP contribution in [0.4, 0.5) is 0 Å². The van der Waals surface area contributed by atoms with Crippen LogP contribution in [0.5, 0.6) is 0 Å². The zero-order valence-electron chi connectivity index (χ0n) is 14.7. The summed E-state index contributed by atoms with van der Waals surface area (Å²) in [6, 6.07) is 0. The largest absolute Gasteiger partial charge is 0.481 e. The van der Waals surface area contributed by atoms with E-state index in [-0.39, 0.29) is 18.9 Å². The molecule has 0 aromatic heterocycles. The van der Waals surface area contributed by atoms with Crippen LogP contribution >= 0.6 is 0 Å². The summed E-state index contributed by atoms with van der Waals surface area (Å²) in [5, 5.41) is 18.7. The SMILES string of the molecule is CC.CCC(=O)O.C[C@@]1(C(=O)NCC(=O)O)CC/C=C/CCC1. The fourth-order valence-electron chi connectivity index (χ4n) is 1.97. The molecule has 0 aromatic rings. The van der Waals surface area contributed by atoms with Crippen molar-refractivity contribution in [2.45, 2.75) is 66.2 Å². The van der Waals surface area contributed by atoms with Gasteiger partial charge in [-0.3, -0.25) is 14.4 Å². The lowest BCUT2D eigenvalue weighted by molar-refractivity contribution is -0.140. The molecule has 1 aliphatic carbocycles. The van der Waals surface area contributed by atoms with Gasteiger partial charge in [0.2, 0.25) is 5.91 Å². The Labute approximate surface area is 139 Å². The molecule has 0 heterocycles. The molecular formula is C17H31NO5. The summed E-state index contributed by atoms with van der Waals surface area (Å²) in [5.41, 5.74) is -0.416. The Kier molecular flexibility index (Phi) is 14.0. The average Bonchev–Trinajstić information content (AvgIpc) is 2.51. The van der Waals surface area contributed by atoms with Gasteiger partial charge >= 0.3 is 11.9 Å². The second-order valence-electron chi connectivity index (χ2n) is 5.29. The Hall–Kier alpha value is -1.85. The quantitative estimate of drug-likeness (QED) is 0.687. The Bertz CT molecular complexity index is 392. The molecule has 1 amide bonds. The van der Waals surface area contributed by atoms with Gasteiger partial charge in [0, 0.05) is 11.8 Å². The highest BCUT2D eigenvalue weighted by atomic mass is 16.4. The Balaban J connectivity index is 0. The lowest BCUT2D eigenvalue weighted by Crippen LogP contribution is -2.41. The number of aliphatic carboxylic acids is 2. The van der Waals surface area contributed by atoms with Crippen molar-refractivity contribution in [3.8, 4) is 0 Å². The lowest BCUT2D eigenvalue weighted by Gasteiger charge is -2.28. The molecule has 0 unspecified atom stereocenters. The molecule has 0 aliphatic heterocycles. The van der Waals surface area contributed by atoms with Gasteiger partial charge in [-0.15, -0.1) is 0 Å². The summed E-state index contributed by atoms with van der Waals surface area (Å²) in [7, 11) is 0. The molecule has 0 aromatic carbocycles. The molecule has 134 valence electrons. The van der Waals surface area contributed by atoms with Crippen LogP contribution in [-0.2, 0) is 14.4 Å².